The van der Waals surface area contributed by atoms with Crippen LogP contribution in [0.1, 0.15) is 17.3 Å². The molecule has 0 fully saturated rings. The first kappa shape index (κ1) is 15.8. The fourth-order valence-electron chi connectivity index (χ4n) is 1.77. The second-order valence-corrected chi connectivity index (χ2v) is 6.73. The summed E-state index contributed by atoms with van der Waals surface area (Å²) in [6.07, 6.45) is 1.38. The molecule has 0 aliphatic rings. The van der Waals surface area contributed by atoms with E-state index in [9.17, 15) is 23.1 Å². The van der Waals surface area contributed by atoms with Crippen molar-refractivity contribution in [1.29, 1.82) is 0 Å². The third-order valence-corrected chi connectivity index (χ3v) is 4.75. The first-order valence-electron chi connectivity index (χ1n) is 6.40. The Hall–Kier alpha value is -2.61. The molecule has 0 aliphatic carbocycles. The van der Waals surface area contributed by atoms with E-state index in [1.165, 1.54) is 37.4 Å². The van der Waals surface area contributed by atoms with E-state index in [2.05, 4.69) is 10.3 Å². The Balaban J connectivity index is 2.38. The second-order valence-electron chi connectivity index (χ2n) is 4.45. The number of H-pyrrole nitrogens is 1. The zero-order valence-corrected chi connectivity index (χ0v) is 12.5. The molecule has 1 aromatic carbocycles. The van der Waals surface area contributed by atoms with E-state index in [-0.39, 0.29) is 27.6 Å². The summed E-state index contributed by atoms with van der Waals surface area (Å²) >= 11 is 0. The lowest BCUT2D eigenvalue weighted by Crippen LogP contribution is -2.22. The van der Waals surface area contributed by atoms with Gasteiger partial charge in [-0.3, -0.25) is 9.59 Å². The number of benzene rings is 1. The Bertz CT molecular complexity index is 871. The zero-order chi connectivity index (χ0) is 16.3. The average molecular weight is 322 g/mol. The monoisotopic (exact) mass is 322 g/mol. The number of rotatable bonds is 4. The van der Waals surface area contributed by atoms with Gasteiger partial charge >= 0.3 is 0 Å². The van der Waals surface area contributed by atoms with Crippen LogP contribution in [0.5, 0.6) is 5.75 Å². The first-order chi connectivity index (χ1) is 10.3. The molecule has 0 bridgehead atoms. The molecule has 2 aromatic rings. The number of anilines is 1. The molecule has 1 heterocycles. The molecule has 0 unspecified atom stereocenters. The minimum absolute atomic E-state index is 0.0231. The Morgan fingerprint density at radius 1 is 1.32 bits per heavy atom. The van der Waals surface area contributed by atoms with E-state index in [0.29, 0.717) is 0 Å². The standard InChI is InChI=1S/C14H14N2O5S/c1-2-22(20,21)9-5-6-12(17)11(8-9)16-14(19)10-4-3-7-15-13(10)18/h3-8,17H,2H2,1H3,(H,15,18)(H,16,19). The van der Waals surface area contributed by atoms with Gasteiger partial charge in [0.25, 0.3) is 11.5 Å². The summed E-state index contributed by atoms with van der Waals surface area (Å²) in [4.78, 5) is 25.9. The lowest BCUT2D eigenvalue weighted by atomic mass is 10.2. The van der Waals surface area contributed by atoms with Gasteiger partial charge in [0.05, 0.1) is 16.3 Å². The minimum atomic E-state index is -3.48. The van der Waals surface area contributed by atoms with Crippen molar-refractivity contribution >= 4 is 21.4 Å². The molecule has 1 aromatic heterocycles. The van der Waals surface area contributed by atoms with Crippen molar-refractivity contribution in [3.8, 4) is 5.75 Å². The molecule has 0 atom stereocenters. The lowest BCUT2D eigenvalue weighted by Gasteiger charge is -2.09. The molecule has 3 N–H and O–H groups in total. The minimum Gasteiger partial charge on any atom is -0.506 e. The number of nitrogens with one attached hydrogen (secondary N) is 2. The van der Waals surface area contributed by atoms with Crippen molar-refractivity contribution in [3.63, 3.8) is 0 Å². The Kier molecular flexibility index (Phi) is 4.32. The van der Waals surface area contributed by atoms with Gasteiger partial charge in [-0.25, -0.2) is 8.42 Å². The molecule has 0 radical (unpaired) electrons. The summed E-state index contributed by atoms with van der Waals surface area (Å²) in [5, 5.41) is 12.1. The number of aromatic nitrogens is 1. The molecule has 1 amide bonds. The van der Waals surface area contributed by atoms with Crippen molar-refractivity contribution in [2.45, 2.75) is 11.8 Å². The van der Waals surface area contributed by atoms with Crippen LogP contribution in [0.2, 0.25) is 0 Å². The number of carbonyl (C=O) groups excluding carboxylic acids is 1. The Morgan fingerprint density at radius 3 is 2.68 bits per heavy atom. The van der Waals surface area contributed by atoms with E-state index in [1.54, 1.807) is 0 Å². The highest BCUT2D eigenvalue weighted by molar-refractivity contribution is 7.91. The highest BCUT2D eigenvalue weighted by atomic mass is 32.2. The van der Waals surface area contributed by atoms with E-state index >= 15 is 0 Å². The molecule has 22 heavy (non-hydrogen) atoms. The van der Waals surface area contributed by atoms with Crippen molar-refractivity contribution in [1.82, 2.24) is 4.98 Å². The highest BCUT2D eigenvalue weighted by Crippen LogP contribution is 2.27. The quantitative estimate of drug-likeness (QED) is 0.730. The topological polar surface area (TPSA) is 116 Å². The second kappa shape index (κ2) is 6.02. The Morgan fingerprint density at radius 2 is 2.05 bits per heavy atom. The summed E-state index contributed by atoms with van der Waals surface area (Å²) in [5.74, 6) is -1.15. The van der Waals surface area contributed by atoms with Crippen molar-refractivity contribution in [2.24, 2.45) is 0 Å². The lowest BCUT2D eigenvalue weighted by molar-refractivity contribution is 0.102. The van der Waals surface area contributed by atoms with Gasteiger partial charge in [0.2, 0.25) is 0 Å². The SMILES string of the molecule is CCS(=O)(=O)c1ccc(O)c(NC(=O)c2ccc[nH]c2=O)c1. The smallest absolute Gasteiger partial charge is 0.261 e. The van der Waals surface area contributed by atoms with Crippen LogP contribution in [-0.4, -0.2) is 30.2 Å². The third-order valence-electron chi connectivity index (χ3n) is 3.02. The number of phenols is 1. The van der Waals surface area contributed by atoms with E-state index in [1.807, 2.05) is 0 Å². The molecule has 2 rings (SSSR count). The average Bonchev–Trinajstić information content (AvgIpc) is 2.49. The van der Waals surface area contributed by atoms with Crippen LogP contribution in [0.15, 0.2) is 46.2 Å². The number of aromatic hydroxyl groups is 1. The van der Waals surface area contributed by atoms with Crippen LogP contribution in [0.3, 0.4) is 0 Å². The summed E-state index contributed by atoms with van der Waals surface area (Å²) in [6, 6.07) is 6.38. The maximum absolute atomic E-state index is 12.0. The summed E-state index contributed by atoms with van der Waals surface area (Å²) in [7, 11) is -3.48. The van der Waals surface area contributed by atoms with Crippen molar-refractivity contribution < 1.29 is 18.3 Å². The number of amides is 1. The summed E-state index contributed by atoms with van der Waals surface area (Å²) in [6.45, 7) is 1.49. The van der Waals surface area contributed by atoms with Crippen molar-refractivity contribution in [2.75, 3.05) is 11.1 Å². The zero-order valence-electron chi connectivity index (χ0n) is 11.7. The third kappa shape index (κ3) is 3.17. The van der Waals surface area contributed by atoms with Crippen LogP contribution >= 0.6 is 0 Å². The number of phenolic OH excluding ortho intramolecular Hbond substituents is 1. The van der Waals surface area contributed by atoms with Gasteiger partial charge in [-0.1, -0.05) is 6.92 Å². The molecule has 8 heteroatoms. The van der Waals surface area contributed by atoms with Gasteiger partial charge in [-0.15, -0.1) is 0 Å². The van der Waals surface area contributed by atoms with E-state index in [0.717, 1.165) is 6.07 Å². The molecular formula is C14H14N2O5S. The molecular weight excluding hydrogens is 308 g/mol. The van der Waals surface area contributed by atoms with Gasteiger partial charge in [0, 0.05) is 6.20 Å². The molecule has 116 valence electrons. The largest absolute Gasteiger partial charge is 0.506 e. The molecule has 7 nitrogen and oxygen atoms in total. The summed E-state index contributed by atoms with van der Waals surface area (Å²) in [5.41, 5.74) is -0.815. The predicted octanol–water partition coefficient (Wildman–Crippen LogP) is 1.13. The number of sulfone groups is 1. The van der Waals surface area contributed by atoms with Crippen LogP contribution in [-0.2, 0) is 9.84 Å². The van der Waals surface area contributed by atoms with Gasteiger partial charge in [-0.05, 0) is 30.3 Å². The predicted molar refractivity (Wildman–Crippen MR) is 80.8 cm³/mol. The number of aromatic amines is 1. The highest BCUT2D eigenvalue weighted by Gasteiger charge is 2.16. The number of hydrogen-bond donors (Lipinski definition) is 3. The Labute approximate surface area is 126 Å². The fourth-order valence-corrected chi connectivity index (χ4v) is 2.67. The van der Waals surface area contributed by atoms with Gasteiger partial charge in [0.15, 0.2) is 9.84 Å². The van der Waals surface area contributed by atoms with E-state index < -0.39 is 21.3 Å². The molecule has 0 saturated heterocycles. The number of hydrogen-bond acceptors (Lipinski definition) is 5. The van der Waals surface area contributed by atoms with Crippen LogP contribution in [0, 0.1) is 0 Å². The normalized spacial score (nSPS) is 11.1. The first-order valence-corrected chi connectivity index (χ1v) is 8.05. The number of carbonyl (C=O) groups is 1. The maximum atomic E-state index is 12.0. The van der Waals surface area contributed by atoms with Crippen LogP contribution < -0.4 is 10.9 Å². The molecule has 0 aliphatic heterocycles. The van der Waals surface area contributed by atoms with Gasteiger partial charge in [-0.2, -0.15) is 0 Å². The maximum Gasteiger partial charge on any atom is 0.261 e. The fraction of sp³-hybridized carbons (Fsp3) is 0.143. The van der Waals surface area contributed by atoms with Gasteiger partial charge < -0.3 is 15.4 Å². The number of pyridine rings is 1. The van der Waals surface area contributed by atoms with Gasteiger partial charge in [0.1, 0.15) is 11.3 Å². The van der Waals surface area contributed by atoms with Crippen LogP contribution in [0.4, 0.5) is 5.69 Å². The van der Waals surface area contributed by atoms with E-state index in [4.69, 9.17) is 0 Å². The molecule has 0 saturated carbocycles. The molecule has 0 spiro atoms. The summed E-state index contributed by atoms with van der Waals surface area (Å²) < 4.78 is 23.6. The van der Waals surface area contributed by atoms with Crippen molar-refractivity contribution in [3.05, 3.63) is 52.4 Å². The van der Waals surface area contributed by atoms with Crippen LogP contribution in [0.25, 0.3) is 0 Å².